The normalized spacial score (nSPS) is 17.4. The molecular formula is C16H25NO. The van der Waals surface area contributed by atoms with Gasteiger partial charge in [0.25, 0.3) is 0 Å². The van der Waals surface area contributed by atoms with Gasteiger partial charge in [-0.25, -0.2) is 0 Å². The molecule has 100 valence electrons. The third-order valence-corrected chi connectivity index (χ3v) is 3.77. The summed E-state index contributed by atoms with van der Waals surface area (Å²) in [6.07, 6.45) is 3.24. The van der Waals surface area contributed by atoms with Crippen LogP contribution in [-0.2, 0) is 12.8 Å². The van der Waals surface area contributed by atoms with Gasteiger partial charge >= 0.3 is 0 Å². The van der Waals surface area contributed by atoms with Crippen molar-refractivity contribution in [3.8, 4) is 5.75 Å². The first-order chi connectivity index (χ1) is 8.31. The minimum atomic E-state index is -0.0442. The minimum absolute atomic E-state index is 0.0442. The molecule has 0 bridgehead atoms. The summed E-state index contributed by atoms with van der Waals surface area (Å²) in [6, 6.07) is 6.61. The van der Waals surface area contributed by atoms with Crippen LogP contribution in [0.1, 0.15) is 45.2 Å². The first-order valence-corrected chi connectivity index (χ1v) is 6.82. The molecule has 0 saturated heterocycles. The standard InChI is InChI=1S/C16H25NO/c1-15(2,11-17)8-7-12-5-6-14-13(9-12)10-16(3,4)18-14/h5-6,9H,7-8,10-11,17H2,1-4H3. The van der Waals surface area contributed by atoms with E-state index >= 15 is 0 Å². The zero-order valence-corrected chi connectivity index (χ0v) is 12.0. The summed E-state index contributed by atoms with van der Waals surface area (Å²) in [4.78, 5) is 0. The second-order valence-electron chi connectivity index (χ2n) is 6.85. The highest BCUT2D eigenvalue weighted by atomic mass is 16.5. The lowest BCUT2D eigenvalue weighted by molar-refractivity contribution is 0.138. The predicted molar refractivity (Wildman–Crippen MR) is 76.0 cm³/mol. The van der Waals surface area contributed by atoms with Gasteiger partial charge in [-0.1, -0.05) is 26.0 Å². The van der Waals surface area contributed by atoms with E-state index in [1.54, 1.807) is 0 Å². The van der Waals surface area contributed by atoms with Crippen LogP contribution in [0, 0.1) is 5.41 Å². The van der Waals surface area contributed by atoms with Crippen LogP contribution in [0.3, 0.4) is 0 Å². The zero-order chi connectivity index (χ0) is 13.4. The largest absolute Gasteiger partial charge is 0.487 e. The molecule has 2 heteroatoms. The Bertz CT molecular complexity index is 435. The van der Waals surface area contributed by atoms with Crippen molar-refractivity contribution in [2.24, 2.45) is 11.1 Å². The van der Waals surface area contributed by atoms with E-state index in [0.29, 0.717) is 0 Å². The first kappa shape index (κ1) is 13.4. The number of hydrogen-bond donors (Lipinski definition) is 1. The number of hydrogen-bond acceptors (Lipinski definition) is 2. The van der Waals surface area contributed by atoms with Gasteiger partial charge in [0.1, 0.15) is 11.4 Å². The zero-order valence-electron chi connectivity index (χ0n) is 12.0. The van der Waals surface area contributed by atoms with Crippen molar-refractivity contribution in [3.05, 3.63) is 29.3 Å². The molecule has 0 radical (unpaired) electrons. The van der Waals surface area contributed by atoms with Crippen molar-refractivity contribution < 1.29 is 4.74 Å². The number of aryl methyl sites for hydroxylation is 1. The molecule has 0 fully saturated rings. The first-order valence-electron chi connectivity index (χ1n) is 6.82. The predicted octanol–water partition coefficient (Wildman–Crippen LogP) is 3.32. The van der Waals surface area contributed by atoms with E-state index in [9.17, 15) is 0 Å². The van der Waals surface area contributed by atoms with Gasteiger partial charge in [0.15, 0.2) is 0 Å². The van der Waals surface area contributed by atoms with E-state index in [1.165, 1.54) is 11.1 Å². The molecule has 1 aliphatic heterocycles. The van der Waals surface area contributed by atoms with E-state index in [2.05, 4.69) is 45.9 Å². The van der Waals surface area contributed by atoms with Crippen LogP contribution in [-0.4, -0.2) is 12.1 Å². The molecule has 0 atom stereocenters. The molecule has 0 aliphatic carbocycles. The molecule has 2 N–H and O–H groups in total. The van der Waals surface area contributed by atoms with Crippen LogP contribution < -0.4 is 10.5 Å². The Balaban J connectivity index is 2.05. The third kappa shape index (κ3) is 3.05. The van der Waals surface area contributed by atoms with Crippen molar-refractivity contribution in [1.82, 2.24) is 0 Å². The Kier molecular flexibility index (Phi) is 3.41. The van der Waals surface area contributed by atoms with Crippen LogP contribution >= 0.6 is 0 Å². The van der Waals surface area contributed by atoms with E-state index in [0.717, 1.165) is 31.6 Å². The number of fused-ring (bicyclic) bond motifs is 1. The average Bonchev–Trinajstić information content (AvgIpc) is 2.59. The number of nitrogens with two attached hydrogens (primary N) is 1. The molecule has 1 heterocycles. The fraction of sp³-hybridized carbons (Fsp3) is 0.625. The monoisotopic (exact) mass is 247 g/mol. The fourth-order valence-corrected chi connectivity index (χ4v) is 2.40. The molecule has 0 aromatic heterocycles. The van der Waals surface area contributed by atoms with E-state index in [1.807, 2.05) is 0 Å². The minimum Gasteiger partial charge on any atom is -0.487 e. The van der Waals surface area contributed by atoms with Gasteiger partial charge in [0.05, 0.1) is 0 Å². The van der Waals surface area contributed by atoms with E-state index < -0.39 is 0 Å². The molecular weight excluding hydrogens is 222 g/mol. The number of rotatable bonds is 4. The molecule has 18 heavy (non-hydrogen) atoms. The molecule has 1 aromatic rings. The molecule has 2 rings (SSSR count). The maximum atomic E-state index is 5.90. The van der Waals surface area contributed by atoms with Gasteiger partial charge in [-0.15, -0.1) is 0 Å². The Morgan fingerprint density at radius 2 is 2.06 bits per heavy atom. The molecule has 1 aliphatic rings. The van der Waals surface area contributed by atoms with E-state index in [-0.39, 0.29) is 11.0 Å². The molecule has 0 unspecified atom stereocenters. The van der Waals surface area contributed by atoms with Gasteiger partial charge < -0.3 is 10.5 Å². The Morgan fingerprint density at radius 1 is 1.33 bits per heavy atom. The third-order valence-electron chi connectivity index (χ3n) is 3.77. The van der Waals surface area contributed by atoms with Crippen molar-refractivity contribution in [2.45, 2.75) is 52.6 Å². The Morgan fingerprint density at radius 3 is 2.72 bits per heavy atom. The second kappa shape index (κ2) is 4.58. The SMILES string of the molecule is CC(C)(CN)CCc1ccc2c(c1)CC(C)(C)O2. The highest BCUT2D eigenvalue weighted by Gasteiger charge is 2.29. The average molecular weight is 247 g/mol. The molecule has 0 saturated carbocycles. The van der Waals surface area contributed by atoms with Gasteiger partial charge in [0, 0.05) is 6.42 Å². The summed E-state index contributed by atoms with van der Waals surface area (Å²) >= 11 is 0. The quantitative estimate of drug-likeness (QED) is 0.886. The molecule has 2 nitrogen and oxygen atoms in total. The highest BCUT2D eigenvalue weighted by Crippen LogP contribution is 2.35. The lowest BCUT2D eigenvalue weighted by atomic mass is 9.86. The summed E-state index contributed by atoms with van der Waals surface area (Å²) < 4.78 is 5.90. The van der Waals surface area contributed by atoms with Crippen molar-refractivity contribution in [1.29, 1.82) is 0 Å². The number of ether oxygens (including phenoxy) is 1. The van der Waals surface area contributed by atoms with Crippen LogP contribution in [0.2, 0.25) is 0 Å². The summed E-state index contributed by atoms with van der Waals surface area (Å²) in [7, 11) is 0. The Labute approximate surface area is 111 Å². The summed E-state index contributed by atoms with van der Waals surface area (Å²) in [6.45, 7) is 9.49. The van der Waals surface area contributed by atoms with Crippen LogP contribution in [0.25, 0.3) is 0 Å². The lowest BCUT2D eigenvalue weighted by Crippen LogP contribution is -2.24. The van der Waals surface area contributed by atoms with Crippen molar-refractivity contribution >= 4 is 0 Å². The number of benzene rings is 1. The van der Waals surface area contributed by atoms with Gasteiger partial charge in [-0.3, -0.25) is 0 Å². The van der Waals surface area contributed by atoms with Crippen molar-refractivity contribution in [3.63, 3.8) is 0 Å². The van der Waals surface area contributed by atoms with E-state index in [4.69, 9.17) is 10.5 Å². The topological polar surface area (TPSA) is 35.2 Å². The lowest BCUT2D eigenvalue weighted by Gasteiger charge is -2.22. The van der Waals surface area contributed by atoms with Gasteiger partial charge in [-0.05, 0) is 55.8 Å². The van der Waals surface area contributed by atoms with Crippen LogP contribution in [0.4, 0.5) is 0 Å². The van der Waals surface area contributed by atoms with Gasteiger partial charge in [-0.2, -0.15) is 0 Å². The highest BCUT2D eigenvalue weighted by molar-refractivity contribution is 5.41. The second-order valence-corrected chi connectivity index (χ2v) is 6.85. The summed E-state index contributed by atoms with van der Waals surface area (Å²) in [5, 5.41) is 0. The molecule has 0 amide bonds. The van der Waals surface area contributed by atoms with Crippen LogP contribution in [0.5, 0.6) is 5.75 Å². The van der Waals surface area contributed by atoms with Gasteiger partial charge in [0.2, 0.25) is 0 Å². The van der Waals surface area contributed by atoms with Crippen LogP contribution in [0.15, 0.2) is 18.2 Å². The Hall–Kier alpha value is -1.02. The smallest absolute Gasteiger partial charge is 0.123 e. The fourth-order valence-electron chi connectivity index (χ4n) is 2.40. The molecule has 1 aromatic carbocycles. The summed E-state index contributed by atoms with van der Waals surface area (Å²) in [5.74, 6) is 1.06. The van der Waals surface area contributed by atoms with Crippen molar-refractivity contribution in [2.75, 3.05) is 6.54 Å². The maximum absolute atomic E-state index is 5.90. The molecule has 0 spiro atoms. The summed E-state index contributed by atoms with van der Waals surface area (Å²) in [5.41, 5.74) is 8.71. The maximum Gasteiger partial charge on any atom is 0.123 e.